The van der Waals surface area contributed by atoms with E-state index in [-0.39, 0.29) is 18.1 Å². The molecule has 8 heteroatoms. The number of halogens is 3. The zero-order chi connectivity index (χ0) is 24.2. The third-order valence-electron chi connectivity index (χ3n) is 5.51. The summed E-state index contributed by atoms with van der Waals surface area (Å²) >= 11 is 15.9. The number of nitrogens with zero attached hydrogens (tertiary/aromatic N) is 3. The van der Waals surface area contributed by atoms with Crippen LogP contribution in [0.5, 0.6) is 5.75 Å². The van der Waals surface area contributed by atoms with Gasteiger partial charge in [-0.1, -0.05) is 71.2 Å². The molecule has 0 bridgehead atoms. The molecule has 0 radical (unpaired) electrons. The number of aromatic nitrogens is 2. The van der Waals surface area contributed by atoms with E-state index >= 15 is 0 Å². The van der Waals surface area contributed by atoms with Gasteiger partial charge in [0.2, 0.25) is 0 Å². The van der Waals surface area contributed by atoms with E-state index < -0.39 is 0 Å². The zero-order valence-corrected chi connectivity index (χ0v) is 21.7. The molecular weight excluding hydrogens is 537 g/mol. The summed E-state index contributed by atoms with van der Waals surface area (Å²) in [6.45, 7) is 4.36. The van der Waals surface area contributed by atoms with Gasteiger partial charge in [0.05, 0.1) is 17.1 Å². The first-order chi connectivity index (χ1) is 16.4. The van der Waals surface area contributed by atoms with E-state index in [1.807, 2.05) is 50.2 Å². The van der Waals surface area contributed by atoms with Crippen LogP contribution < -0.4 is 10.3 Å². The second-order valence-electron chi connectivity index (χ2n) is 7.86. The summed E-state index contributed by atoms with van der Waals surface area (Å²) in [5.74, 6) is 1.20. The van der Waals surface area contributed by atoms with E-state index in [9.17, 15) is 4.79 Å². The number of hydrogen-bond acceptors (Lipinski definition) is 4. The van der Waals surface area contributed by atoms with E-state index in [1.165, 1.54) is 4.68 Å². The summed E-state index contributed by atoms with van der Waals surface area (Å²) in [6, 6.07) is 18.2. The fraction of sp³-hybridized carbons (Fsp3) is 0.192. The summed E-state index contributed by atoms with van der Waals surface area (Å²) in [5.41, 5.74) is 1.90. The minimum Gasteiger partial charge on any atom is -0.488 e. The lowest BCUT2D eigenvalue weighted by atomic mass is 10.1. The van der Waals surface area contributed by atoms with E-state index in [1.54, 1.807) is 30.5 Å². The molecule has 3 aromatic carbocycles. The smallest absolute Gasteiger partial charge is 0.282 e. The molecule has 0 N–H and O–H groups in total. The van der Waals surface area contributed by atoms with Crippen LogP contribution in [0, 0.1) is 0 Å². The monoisotopic (exact) mass is 557 g/mol. The van der Waals surface area contributed by atoms with Crippen LogP contribution in [0.1, 0.15) is 43.1 Å². The fourth-order valence-corrected chi connectivity index (χ4v) is 4.15. The van der Waals surface area contributed by atoms with Crippen LogP contribution in [-0.4, -0.2) is 15.9 Å². The molecule has 0 unspecified atom stereocenters. The first kappa shape index (κ1) is 24.5. The number of ether oxygens (including phenoxy) is 1. The van der Waals surface area contributed by atoms with Crippen molar-refractivity contribution >= 4 is 56.2 Å². The molecule has 0 aliphatic rings. The lowest BCUT2D eigenvalue weighted by Gasteiger charge is -2.14. The van der Waals surface area contributed by atoms with Gasteiger partial charge in [-0.2, -0.15) is 9.78 Å². The van der Waals surface area contributed by atoms with Gasteiger partial charge in [-0.05, 0) is 48.9 Å². The molecule has 0 fully saturated rings. The molecule has 0 saturated carbocycles. The van der Waals surface area contributed by atoms with Crippen LogP contribution in [-0.2, 0) is 6.61 Å². The second-order valence-corrected chi connectivity index (χ2v) is 9.62. The molecule has 34 heavy (non-hydrogen) atoms. The van der Waals surface area contributed by atoms with Gasteiger partial charge < -0.3 is 4.74 Å². The third kappa shape index (κ3) is 5.35. The molecule has 4 aromatic rings. The van der Waals surface area contributed by atoms with Crippen LogP contribution in [0.25, 0.3) is 10.9 Å². The van der Waals surface area contributed by atoms with Crippen molar-refractivity contribution in [2.45, 2.75) is 32.8 Å². The van der Waals surface area contributed by atoms with Gasteiger partial charge in [0.15, 0.2) is 0 Å². The van der Waals surface area contributed by atoms with Crippen LogP contribution in [0.4, 0.5) is 0 Å². The first-order valence-corrected chi connectivity index (χ1v) is 12.3. The van der Waals surface area contributed by atoms with Gasteiger partial charge in [-0.15, -0.1) is 0 Å². The van der Waals surface area contributed by atoms with E-state index in [4.69, 9.17) is 32.9 Å². The highest BCUT2D eigenvalue weighted by molar-refractivity contribution is 9.10. The molecule has 0 aliphatic carbocycles. The van der Waals surface area contributed by atoms with Crippen LogP contribution in [0.3, 0.4) is 0 Å². The average molecular weight is 559 g/mol. The van der Waals surface area contributed by atoms with E-state index in [2.05, 4.69) is 21.0 Å². The normalized spacial score (nSPS) is 12.4. The lowest BCUT2D eigenvalue weighted by Crippen LogP contribution is -2.23. The van der Waals surface area contributed by atoms with E-state index in [0.717, 1.165) is 16.5 Å². The first-order valence-electron chi connectivity index (χ1n) is 10.8. The largest absolute Gasteiger partial charge is 0.488 e. The van der Waals surface area contributed by atoms with Gasteiger partial charge in [-0.25, -0.2) is 4.98 Å². The SMILES string of the molecule is CC[C@H](C)c1nc2ccc(Br)cc2c(=O)n1N=Cc1cc(Cl)ccc1OCc1ccccc1Cl. The van der Waals surface area contributed by atoms with Crippen LogP contribution in [0.2, 0.25) is 10.0 Å². The Labute approximate surface area is 216 Å². The maximum atomic E-state index is 13.4. The maximum Gasteiger partial charge on any atom is 0.282 e. The van der Waals surface area contributed by atoms with Crippen molar-refractivity contribution in [2.75, 3.05) is 0 Å². The predicted molar refractivity (Wildman–Crippen MR) is 143 cm³/mol. The minimum atomic E-state index is -0.238. The zero-order valence-electron chi connectivity index (χ0n) is 18.6. The summed E-state index contributed by atoms with van der Waals surface area (Å²) in [4.78, 5) is 18.1. The molecular formula is C26H22BrCl2N3O2. The topological polar surface area (TPSA) is 56.5 Å². The number of benzene rings is 3. The maximum absolute atomic E-state index is 13.4. The minimum absolute atomic E-state index is 0.0354. The Bertz CT molecular complexity index is 1440. The Kier molecular flexibility index (Phi) is 7.71. The number of rotatable bonds is 7. The molecule has 1 heterocycles. The number of fused-ring (bicyclic) bond motifs is 1. The highest BCUT2D eigenvalue weighted by Crippen LogP contribution is 2.25. The lowest BCUT2D eigenvalue weighted by molar-refractivity contribution is 0.306. The van der Waals surface area contributed by atoms with E-state index in [0.29, 0.717) is 38.1 Å². The Balaban J connectivity index is 1.75. The van der Waals surface area contributed by atoms with Gasteiger partial charge in [0.25, 0.3) is 5.56 Å². The van der Waals surface area contributed by atoms with Crippen molar-refractivity contribution in [3.05, 3.63) is 102 Å². The highest BCUT2D eigenvalue weighted by Gasteiger charge is 2.16. The van der Waals surface area contributed by atoms with Crippen molar-refractivity contribution in [3.8, 4) is 5.75 Å². The van der Waals surface area contributed by atoms with Gasteiger partial charge in [0, 0.05) is 31.6 Å². The quantitative estimate of drug-likeness (QED) is 0.221. The van der Waals surface area contributed by atoms with Gasteiger partial charge in [-0.3, -0.25) is 4.79 Å². The molecule has 174 valence electrons. The van der Waals surface area contributed by atoms with Crippen molar-refractivity contribution < 1.29 is 4.74 Å². The van der Waals surface area contributed by atoms with Gasteiger partial charge in [0.1, 0.15) is 18.2 Å². The molecule has 1 atom stereocenters. The van der Waals surface area contributed by atoms with Crippen molar-refractivity contribution in [1.82, 2.24) is 9.66 Å². The molecule has 4 rings (SSSR count). The van der Waals surface area contributed by atoms with Crippen LogP contribution >= 0.6 is 39.1 Å². The van der Waals surface area contributed by atoms with Crippen molar-refractivity contribution in [2.24, 2.45) is 5.10 Å². The molecule has 0 amide bonds. The Morgan fingerprint density at radius 1 is 1.15 bits per heavy atom. The summed E-state index contributed by atoms with van der Waals surface area (Å²) in [7, 11) is 0. The Morgan fingerprint density at radius 2 is 1.94 bits per heavy atom. The highest BCUT2D eigenvalue weighted by atomic mass is 79.9. The van der Waals surface area contributed by atoms with Crippen LogP contribution in [0.15, 0.2) is 75.0 Å². The average Bonchev–Trinajstić information content (AvgIpc) is 2.83. The standard InChI is InChI=1S/C26H22BrCl2N3O2/c1-3-16(2)25-31-23-10-8-19(27)13-21(23)26(33)32(25)30-14-18-12-20(28)9-11-24(18)34-15-17-6-4-5-7-22(17)29/h4-14,16H,3,15H2,1-2H3/t16-/m0/s1. The van der Waals surface area contributed by atoms with Crippen molar-refractivity contribution in [3.63, 3.8) is 0 Å². The molecule has 5 nitrogen and oxygen atoms in total. The second kappa shape index (κ2) is 10.7. The summed E-state index contributed by atoms with van der Waals surface area (Å²) in [6.07, 6.45) is 2.39. The molecule has 0 spiro atoms. The van der Waals surface area contributed by atoms with Gasteiger partial charge >= 0.3 is 0 Å². The third-order valence-corrected chi connectivity index (χ3v) is 6.61. The summed E-state index contributed by atoms with van der Waals surface area (Å²) in [5, 5.41) is 6.18. The Morgan fingerprint density at radius 3 is 2.71 bits per heavy atom. The number of hydrogen-bond donors (Lipinski definition) is 0. The Hall–Kier alpha value is -2.67. The molecule has 0 aliphatic heterocycles. The molecule has 1 aromatic heterocycles. The summed E-state index contributed by atoms with van der Waals surface area (Å²) < 4.78 is 8.18. The predicted octanol–water partition coefficient (Wildman–Crippen LogP) is 7.44. The molecule has 0 saturated heterocycles. The van der Waals surface area contributed by atoms with Crippen molar-refractivity contribution in [1.29, 1.82) is 0 Å². The fourth-order valence-electron chi connectivity index (χ4n) is 3.42.